The Labute approximate surface area is 192 Å². The largest absolute Gasteiger partial charge is 0.351 e. The molecular weight excluding hydrogens is 424 g/mol. The zero-order valence-electron chi connectivity index (χ0n) is 17.8. The lowest BCUT2D eigenvalue weighted by Gasteiger charge is -2.36. The second-order valence-electron chi connectivity index (χ2n) is 7.35. The zero-order valence-corrected chi connectivity index (χ0v) is 19.4. The summed E-state index contributed by atoms with van der Waals surface area (Å²) in [7, 11) is 0. The Kier molecular flexibility index (Phi) is 6.25. The second kappa shape index (κ2) is 9.08. The molecule has 1 aliphatic rings. The number of aromatic nitrogens is 2. The van der Waals surface area contributed by atoms with E-state index in [1.807, 2.05) is 49.1 Å². The van der Waals surface area contributed by atoms with Gasteiger partial charge in [0.05, 0.1) is 11.6 Å². The van der Waals surface area contributed by atoms with Crippen LogP contribution in [0.3, 0.4) is 0 Å². The van der Waals surface area contributed by atoms with Crippen molar-refractivity contribution in [3.8, 4) is 11.4 Å². The molecule has 2 heterocycles. The molecule has 1 N–H and O–H groups in total. The van der Waals surface area contributed by atoms with Crippen LogP contribution in [0.2, 0.25) is 0 Å². The summed E-state index contributed by atoms with van der Waals surface area (Å²) in [4.78, 5) is 7.96. The van der Waals surface area contributed by atoms with E-state index in [1.54, 1.807) is 11.8 Å². The molecular formula is C24H24N4OS2. The molecule has 0 spiro atoms. The Bertz CT molecular complexity index is 1150. The van der Waals surface area contributed by atoms with Crippen LogP contribution in [0.15, 0.2) is 76.3 Å². The average Bonchev–Trinajstić information content (AvgIpc) is 3.26. The van der Waals surface area contributed by atoms with E-state index in [1.165, 1.54) is 4.90 Å². The van der Waals surface area contributed by atoms with Gasteiger partial charge in [0, 0.05) is 22.7 Å². The van der Waals surface area contributed by atoms with Gasteiger partial charge < -0.3 is 14.7 Å². The van der Waals surface area contributed by atoms with Crippen molar-refractivity contribution < 1.29 is 4.52 Å². The Morgan fingerprint density at radius 1 is 1.23 bits per heavy atom. The molecule has 5 nitrogen and oxygen atoms in total. The quantitative estimate of drug-likeness (QED) is 0.299. The summed E-state index contributed by atoms with van der Waals surface area (Å²) >= 11 is 7.37. The van der Waals surface area contributed by atoms with Crippen LogP contribution in [-0.2, 0) is 0 Å². The van der Waals surface area contributed by atoms with Crippen molar-refractivity contribution in [3.63, 3.8) is 0 Å². The lowest BCUT2D eigenvalue weighted by atomic mass is 9.95. The standard InChI is InChI=1S/C24H24N4OS2/c1-5-13-28-16(3)20(21(25-24(28)30)17-9-11-19(31-4)12-10-17)23-26-22(27-29-23)18-8-6-7-15(2)14-18/h5-12,14,21H,1,13H2,2-4H3,(H,25,30). The Morgan fingerprint density at radius 3 is 2.68 bits per heavy atom. The fraction of sp³-hybridized carbons (Fsp3) is 0.208. The van der Waals surface area contributed by atoms with Gasteiger partial charge in [0.1, 0.15) is 0 Å². The number of thiocarbonyl (C=S) groups is 1. The predicted octanol–water partition coefficient (Wildman–Crippen LogP) is 5.62. The summed E-state index contributed by atoms with van der Waals surface area (Å²) in [6.45, 7) is 8.54. The van der Waals surface area contributed by atoms with Crippen molar-refractivity contribution >= 4 is 34.7 Å². The Hall–Kier alpha value is -2.90. The summed E-state index contributed by atoms with van der Waals surface area (Å²) in [5.41, 5.74) is 5.05. The predicted molar refractivity (Wildman–Crippen MR) is 131 cm³/mol. The molecule has 1 aliphatic heterocycles. The first-order valence-electron chi connectivity index (χ1n) is 9.96. The molecule has 0 saturated heterocycles. The minimum atomic E-state index is -0.185. The molecule has 0 fully saturated rings. The van der Waals surface area contributed by atoms with Crippen molar-refractivity contribution in [3.05, 3.63) is 83.9 Å². The van der Waals surface area contributed by atoms with Crippen LogP contribution in [-0.4, -0.2) is 33.0 Å². The lowest BCUT2D eigenvalue weighted by molar-refractivity contribution is 0.399. The van der Waals surface area contributed by atoms with Gasteiger partial charge in [-0.1, -0.05) is 47.1 Å². The number of aryl methyl sites for hydroxylation is 1. The third-order valence-electron chi connectivity index (χ3n) is 5.29. The van der Waals surface area contributed by atoms with Gasteiger partial charge in [-0.3, -0.25) is 0 Å². The number of hydrogen-bond acceptors (Lipinski definition) is 5. The van der Waals surface area contributed by atoms with Gasteiger partial charge in [-0.05, 0) is 56.1 Å². The van der Waals surface area contributed by atoms with Crippen molar-refractivity contribution in [2.45, 2.75) is 24.8 Å². The summed E-state index contributed by atoms with van der Waals surface area (Å²) < 4.78 is 5.77. The highest BCUT2D eigenvalue weighted by Gasteiger charge is 2.33. The average molecular weight is 449 g/mol. The van der Waals surface area contributed by atoms with Crippen LogP contribution in [0.1, 0.15) is 30.0 Å². The van der Waals surface area contributed by atoms with Gasteiger partial charge in [-0.2, -0.15) is 4.98 Å². The third kappa shape index (κ3) is 4.29. The summed E-state index contributed by atoms with van der Waals surface area (Å²) in [6.07, 6.45) is 3.89. The third-order valence-corrected chi connectivity index (χ3v) is 6.37. The van der Waals surface area contributed by atoms with Crippen molar-refractivity contribution in [2.24, 2.45) is 0 Å². The number of benzene rings is 2. The first-order valence-corrected chi connectivity index (χ1v) is 11.6. The van der Waals surface area contributed by atoms with Gasteiger partial charge in [-0.25, -0.2) is 0 Å². The summed E-state index contributed by atoms with van der Waals surface area (Å²) in [6, 6.07) is 16.3. The number of rotatable bonds is 6. The van der Waals surface area contributed by atoms with Gasteiger partial charge in [-0.15, -0.1) is 18.3 Å². The van der Waals surface area contributed by atoms with Crippen LogP contribution in [0.5, 0.6) is 0 Å². The van der Waals surface area contributed by atoms with Crippen LogP contribution in [0.25, 0.3) is 17.0 Å². The molecule has 0 saturated carbocycles. The first-order chi connectivity index (χ1) is 15.0. The van der Waals surface area contributed by atoms with E-state index in [0.717, 1.165) is 28.0 Å². The molecule has 2 aromatic carbocycles. The molecule has 1 aromatic heterocycles. The SMILES string of the molecule is C=CCN1C(=S)NC(c2ccc(SC)cc2)C(c2nc(-c3cccc(C)c3)no2)=C1C. The highest BCUT2D eigenvalue weighted by molar-refractivity contribution is 7.98. The van der Waals surface area contributed by atoms with Gasteiger partial charge in [0.25, 0.3) is 5.89 Å². The highest BCUT2D eigenvalue weighted by atomic mass is 32.2. The molecule has 0 amide bonds. The fourth-order valence-corrected chi connectivity index (χ4v) is 4.43. The van der Waals surface area contributed by atoms with Crippen molar-refractivity contribution in [1.82, 2.24) is 20.4 Å². The van der Waals surface area contributed by atoms with E-state index in [2.05, 4.69) is 47.6 Å². The van der Waals surface area contributed by atoms with E-state index >= 15 is 0 Å². The fourth-order valence-electron chi connectivity index (χ4n) is 3.69. The van der Waals surface area contributed by atoms with Crippen LogP contribution >= 0.6 is 24.0 Å². The maximum atomic E-state index is 5.77. The second-order valence-corrected chi connectivity index (χ2v) is 8.61. The summed E-state index contributed by atoms with van der Waals surface area (Å²) in [5.74, 6) is 1.05. The Balaban J connectivity index is 1.81. The molecule has 0 bridgehead atoms. The number of allylic oxidation sites excluding steroid dienone is 1. The van der Waals surface area contributed by atoms with Gasteiger partial charge in [0.15, 0.2) is 5.11 Å². The van der Waals surface area contributed by atoms with E-state index in [4.69, 9.17) is 21.7 Å². The first kappa shape index (κ1) is 21.3. The maximum Gasteiger partial charge on any atom is 0.258 e. The van der Waals surface area contributed by atoms with Crippen molar-refractivity contribution in [2.75, 3.05) is 12.8 Å². The highest BCUT2D eigenvalue weighted by Crippen LogP contribution is 2.37. The van der Waals surface area contributed by atoms with Crippen LogP contribution in [0.4, 0.5) is 0 Å². The number of hydrogen-bond donors (Lipinski definition) is 1. The molecule has 1 unspecified atom stereocenters. The number of nitrogens with one attached hydrogen (secondary N) is 1. The van der Waals surface area contributed by atoms with E-state index in [-0.39, 0.29) is 6.04 Å². The van der Waals surface area contributed by atoms with E-state index in [0.29, 0.717) is 23.4 Å². The number of nitrogens with zero attached hydrogens (tertiary/aromatic N) is 3. The molecule has 0 radical (unpaired) electrons. The van der Waals surface area contributed by atoms with Gasteiger partial charge in [0.2, 0.25) is 5.82 Å². The van der Waals surface area contributed by atoms with Crippen LogP contribution < -0.4 is 5.32 Å². The molecule has 1 atom stereocenters. The molecule has 0 aliphatic carbocycles. The smallest absolute Gasteiger partial charge is 0.258 e. The zero-order chi connectivity index (χ0) is 22.0. The van der Waals surface area contributed by atoms with Crippen LogP contribution in [0, 0.1) is 6.92 Å². The molecule has 4 rings (SSSR count). The van der Waals surface area contributed by atoms with E-state index < -0.39 is 0 Å². The van der Waals surface area contributed by atoms with Crippen molar-refractivity contribution in [1.29, 1.82) is 0 Å². The lowest BCUT2D eigenvalue weighted by Crippen LogP contribution is -2.45. The maximum absolute atomic E-state index is 5.77. The summed E-state index contributed by atoms with van der Waals surface area (Å²) in [5, 5.41) is 8.37. The molecule has 3 aromatic rings. The molecule has 158 valence electrons. The molecule has 7 heteroatoms. The minimum absolute atomic E-state index is 0.185. The van der Waals surface area contributed by atoms with Gasteiger partial charge >= 0.3 is 0 Å². The Morgan fingerprint density at radius 2 is 2.00 bits per heavy atom. The minimum Gasteiger partial charge on any atom is -0.351 e. The number of thioether (sulfide) groups is 1. The normalized spacial score (nSPS) is 16.4. The molecule has 31 heavy (non-hydrogen) atoms. The van der Waals surface area contributed by atoms with E-state index in [9.17, 15) is 0 Å². The topological polar surface area (TPSA) is 54.2 Å². The monoisotopic (exact) mass is 448 g/mol.